The van der Waals surface area contributed by atoms with Crippen LogP contribution in [0.2, 0.25) is 0 Å². The summed E-state index contributed by atoms with van der Waals surface area (Å²) in [5.74, 6) is 0.369. The summed E-state index contributed by atoms with van der Waals surface area (Å²) in [6.45, 7) is 1.79. The predicted molar refractivity (Wildman–Crippen MR) is 44.9 cm³/mol. The minimum absolute atomic E-state index is 0.369. The van der Waals surface area contributed by atoms with Crippen LogP contribution in [-0.2, 0) is 4.79 Å². The van der Waals surface area contributed by atoms with Crippen molar-refractivity contribution in [1.29, 1.82) is 0 Å². The van der Waals surface area contributed by atoms with Gasteiger partial charge < -0.3 is 5.73 Å². The van der Waals surface area contributed by atoms with Crippen molar-refractivity contribution in [3.8, 4) is 0 Å². The fourth-order valence-electron chi connectivity index (χ4n) is 1.79. The monoisotopic (exact) mass is 154 g/mol. The van der Waals surface area contributed by atoms with Crippen LogP contribution < -0.4 is 5.73 Å². The van der Waals surface area contributed by atoms with Gasteiger partial charge in [0.15, 0.2) is 0 Å². The second-order valence-electron chi connectivity index (χ2n) is 3.72. The molecule has 0 aromatic rings. The molecule has 1 radical (unpaired) electrons. The van der Waals surface area contributed by atoms with Gasteiger partial charge in [-0.15, -0.1) is 0 Å². The number of rotatable bonds is 2. The van der Waals surface area contributed by atoms with Crippen molar-refractivity contribution in [3.05, 3.63) is 0 Å². The van der Waals surface area contributed by atoms with Crippen LogP contribution in [0.5, 0.6) is 0 Å². The Morgan fingerprint density at radius 1 is 1.36 bits per heavy atom. The molecule has 1 saturated carbocycles. The van der Waals surface area contributed by atoms with E-state index < -0.39 is 5.54 Å². The van der Waals surface area contributed by atoms with Crippen LogP contribution >= 0.6 is 0 Å². The maximum absolute atomic E-state index is 10.5. The lowest BCUT2D eigenvalue weighted by Crippen LogP contribution is -2.46. The molecule has 1 fully saturated rings. The van der Waals surface area contributed by atoms with Crippen LogP contribution in [0.1, 0.15) is 39.0 Å². The number of hydrogen-bond donors (Lipinski definition) is 1. The van der Waals surface area contributed by atoms with E-state index in [2.05, 4.69) is 0 Å². The van der Waals surface area contributed by atoms with Gasteiger partial charge in [-0.05, 0) is 25.7 Å². The summed E-state index contributed by atoms with van der Waals surface area (Å²) >= 11 is 0. The Hall–Kier alpha value is -0.370. The van der Waals surface area contributed by atoms with Gasteiger partial charge in [-0.25, -0.2) is 0 Å². The standard InChI is InChI=1S/C9H16NO/c1-9(10,7-11)8-5-3-2-4-6-8/h8H,2-6,10H2,1H3/t9-/m0/s1. The highest BCUT2D eigenvalue weighted by molar-refractivity contribution is 5.64. The van der Waals surface area contributed by atoms with Gasteiger partial charge in [-0.1, -0.05) is 19.3 Å². The molecule has 1 rings (SSSR count). The third-order valence-corrected chi connectivity index (χ3v) is 2.67. The molecule has 2 heteroatoms. The molecule has 0 spiro atoms. The van der Waals surface area contributed by atoms with E-state index in [-0.39, 0.29) is 0 Å². The van der Waals surface area contributed by atoms with Crippen molar-refractivity contribution < 1.29 is 4.79 Å². The van der Waals surface area contributed by atoms with Crippen LogP contribution in [0.25, 0.3) is 0 Å². The molecule has 1 atom stereocenters. The highest BCUT2D eigenvalue weighted by atomic mass is 16.1. The molecule has 0 aromatic carbocycles. The van der Waals surface area contributed by atoms with Crippen molar-refractivity contribution in [1.82, 2.24) is 0 Å². The van der Waals surface area contributed by atoms with Crippen molar-refractivity contribution in [2.24, 2.45) is 11.7 Å². The number of carbonyl (C=O) groups excluding carboxylic acids is 1. The largest absolute Gasteiger partial charge is 0.319 e. The lowest BCUT2D eigenvalue weighted by Gasteiger charge is -2.31. The van der Waals surface area contributed by atoms with Crippen molar-refractivity contribution in [2.75, 3.05) is 0 Å². The highest BCUT2D eigenvalue weighted by Gasteiger charge is 2.31. The molecular weight excluding hydrogens is 138 g/mol. The minimum atomic E-state index is -0.694. The van der Waals surface area contributed by atoms with E-state index in [1.54, 1.807) is 6.92 Å². The lowest BCUT2D eigenvalue weighted by molar-refractivity contribution is 0.272. The average molecular weight is 154 g/mol. The molecule has 2 N–H and O–H groups in total. The molecule has 1 aliphatic carbocycles. The van der Waals surface area contributed by atoms with E-state index in [1.165, 1.54) is 19.3 Å². The van der Waals surface area contributed by atoms with Crippen molar-refractivity contribution >= 4 is 6.29 Å². The molecule has 0 saturated heterocycles. The SMILES string of the molecule is C[C@](N)([C]=O)C1CCCCC1. The molecule has 0 amide bonds. The number of nitrogens with two attached hydrogens (primary N) is 1. The van der Waals surface area contributed by atoms with Crippen LogP contribution in [-0.4, -0.2) is 11.8 Å². The van der Waals surface area contributed by atoms with Gasteiger partial charge >= 0.3 is 0 Å². The van der Waals surface area contributed by atoms with Crippen molar-refractivity contribution in [2.45, 2.75) is 44.6 Å². The Kier molecular flexibility index (Phi) is 2.66. The quantitative estimate of drug-likeness (QED) is 0.653. The third-order valence-electron chi connectivity index (χ3n) is 2.67. The zero-order chi connectivity index (χ0) is 8.32. The Labute approximate surface area is 68.2 Å². The van der Waals surface area contributed by atoms with Gasteiger partial charge in [0, 0.05) is 0 Å². The fourth-order valence-corrected chi connectivity index (χ4v) is 1.79. The van der Waals surface area contributed by atoms with Gasteiger partial charge in [0.25, 0.3) is 0 Å². The fraction of sp³-hybridized carbons (Fsp3) is 0.889. The Morgan fingerprint density at radius 3 is 2.36 bits per heavy atom. The summed E-state index contributed by atoms with van der Waals surface area (Å²) in [6, 6.07) is 0. The normalized spacial score (nSPS) is 26.0. The molecule has 11 heavy (non-hydrogen) atoms. The summed E-state index contributed by atoms with van der Waals surface area (Å²) in [5, 5.41) is 0. The average Bonchev–Trinajstić information content (AvgIpc) is 2.06. The zero-order valence-corrected chi connectivity index (χ0v) is 7.10. The summed E-state index contributed by atoms with van der Waals surface area (Å²) in [6.07, 6.45) is 7.88. The second kappa shape index (κ2) is 3.35. The van der Waals surface area contributed by atoms with E-state index in [4.69, 9.17) is 5.73 Å². The summed E-state index contributed by atoms with van der Waals surface area (Å²) in [4.78, 5) is 10.5. The molecule has 0 heterocycles. The smallest absolute Gasteiger partial charge is 0.220 e. The molecular formula is C9H16NO. The predicted octanol–water partition coefficient (Wildman–Crippen LogP) is 1.39. The first-order valence-electron chi connectivity index (χ1n) is 4.35. The van der Waals surface area contributed by atoms with Crippen molar-refractivity contribution in [3.63, 3.8) is 0 Å². The summed E-state index contributed by atoms with van der Waals surface area (Å²) in [5.41, 5.74) is 5.07. The van der Waals surface area contributed by atoms with E-state index in [9.17, 15) is 4.79 Å². The maximum atomic E-state index is 10.5. The lowest BCUT2D eigenvalue weighted by atomic mass is 9.77. The molecule has 0 aliphatic heterocycles. The zero-order valence-electron chi connectivity index (χ0n) is 7.10. The molecule has 0 bridgehead atoms. The van der Waals surface area contributed by atoms with Gasteiger partial charge in [-0.3, -0.25) is 4.79 Å². The minimum Gasteiger partial charge on any atom is -0.319 e. The molecule has 1 aliphatic rings. The second-order valence-corrected chi connectivity index (χ2v) is 3.72. The van der Waals surface area contributed by atoms with Crippen LogP contribution in [0.15, 0.2) is 0 Å². The first-order valence-corrected chi connectivity index (χ1v) is 4.35. The first kappa shape index (κ1) is 8.72. The van der Waals surface area contributed by atoms with E-state index in [0.29, 0.717) is 5.92 Å². The summed E-state index contributed by atoms with van der Waals surface area (Å²) in [7, 11) is 0. The maximum Gasteiger partial charge on any atom is 0.220 e. The molecule has 0 unspecified atom stereocenters. The Bertz CT molecular complexity index is 136. The van der Waals surface area contributed by atoms with E-state index >= 15 is 0 Å². The van der Waals surface area contributed by atoms with Gasteiger partial charge in [0.2, 0.25) is 6.29 Å². The topological polar surface area (TPSA) is 43.1 Å². The van der Waals surface area contributed by atoms with Gasteiger partial charge in [0.05, 0.1) is 5.54 Å². The third kappa shape index (κ3) is 2.03. The van der Waals surface area contributed by atoms with Gasteiger partial charge in [-0.2, -0.15) is 0 Å². The van der Waals surface area contributed by atoms with E-state index in [1.807, 2.05) is 6.29 Å². The molecule has 0 aromatic heterocycles. The van der Waals surface area contributed by atoms with Crippen LogP contribution in [0.3, 0.4) is 0 Å². The van der Waals surface area contributed by atoms with Crippen LogP contribution in [0.4, 0.5) is 0 Å². The molecule has 63 valence electrons. The number of hydrogen-bond acceptors (Lipinski definition) is 2. The van der Waals surface area contributed by atoms with Gasteiger partial charge in [0.1, 0.15) is 0 Å². The van der Waals surface area contributed by atoms with E-state index in [0.717, 1.165) is 12.8 Å². The Morgan fingerprint density at radius 2 is 1.91 bits per heavy atom. The highest BCUT2D eigenvalue weighted by Crippen LogP contribution is 2.29. The Balaban J connectivity index is 2.50. The summed E-state index contributed by atoms with van der Waals surface area (Å²) < 4.78 is 0. The van der Waals surface area contributed by atoms with Crippen LogP contribution in [0, 0.1) is 5.92 Å². The molecule has 2 nitrogen and oxygen atoms in total. The first-order chi connectivity index (χ1) is 5.17.